The molecule has 0 aliphatic rings. The molecule has 0 unspecified atom stereocenters. The Bertz CT molecular complexity index is 500. The molecule has 2 amide bonds. The van der Waals surface area contributed by atoms with Crippen LogP contribution in [0.4, 0.5) is 0 Å². The van der Waals surface area contributed by atoms with Gasteiger partial charge in [-0.1, -0.05) is 12.1 Å². The molecule has 1 heterocycles. The average molecular weight is 298 g/mol. The number of hydrogen-bond donors (Lipinski definition) is 3. The summed E-state index contributed by atoms with van der Waals surface area (Å²) in [4.78, 5) is 37.0. The monoisotopic (exact) mass is 298 g/mol. The van der Waals surface area contributed by atoms with Crippen LogP contribution in [0.2, 0.25) is 0 Å². The Balaban J connectivity index is 2.21. The third-order valence-electron chi connectivity index (χ3n) is 2.43. The maximum atomic E-state index is 11.5. The maximum Gasteiger partial charge on any atom is 0.322 e. The summed E-state index contributed by atoms with van der Waals surface area (Å²) in [6.07, 6.45) is 2.03. The second-order valence-electron chi connectivity index (χ2n) is 4.30. The fourth-order valence-corrected chi connectivity index (χ4v) is 1.44. The van der Waals surface area contributed by atoms with Gasteiger partial charge in [-0.2, -0.15) is 4.98 Å². The Morgan fingerprint density at radius 3 is 2.52 bits per heavy atom. The van der Waals surface area contributed by atoms with E-state index in [1.54, 1.807) is 0 Å². The van der Waals surface area contributed by atoms with Crippen LogP contribution in [0.15, 0.2) is 4.52 Å². The molecule has 0 bridgehead atoms. The highest BCUT2D eigenvalue weighted by atomic mass is 16.5. The number of hydrogen-bond acceptors (Lipinski definition) is 6. The van der Waals surface area contributed by atoms with E-state index in [0.29, 0.717) is 18.1 Å². The van der Waals surface area contributed by atoms with Crippen LogP contribution in [0.5, 0.6) is 0 Å². The Morgan fingerprint density at radius 1 is 1.14 bits per heavy atom. The molecular formula is C12H18N4O5. The van der Waals surface area contributed by atoms with E-state index in [0.717, 1.165) is 12.8 Å². The summed E-state index contributed by atoms with van der Waals surface area (Å²) < 4.78 is 4.97. The van der Waals surface area contributed by atoms with E-state index in [1.165, 1.54) is 0 Å². The van der Waals surface area contributed by atoms with Gasteiger partial charge in [0.2, 0.25) is 17.7 Å². The minimum atomic E-state index is -1.14. The lowest BCUT2D eigenvalue weighted by Gasteiger charge is -2.04. The van der Waals surface area contributed by atoms with Gasteiger partial charge in [0.1, 0.15) is 6.54 Å². The minimum absolute atomic E-state index is 0.111. The van der Waals surface area contributed by atoms with Crippen molar-refractivity contribution in [3.63, 3.8) is 0 Å². The molecule has 9 nitrogen and oxygen atoms in total. The van der Waals surface area contributed by atoms with Crippen molar-refractivity contribution in [2.24, 2.45) is 0 Å². The molecule has 0 saturated heterocycles. The van der Waals surface area contributed by atoms with E-state index < -0.39 is 18.4 Å². The van der Waals surface area contributed by atoms with Crippen molar-refractivity contribution in [3.8, 4) is 0 Å². The predicted molar refractivity (Wildman–Crippen MR) is 70.3 cm³/mol. The molecule has 1 rings (SSSR count). The summed E-state index contributed by atoms with van der Waals surface area (Å²) in [5.41, 5.74) is 0. The van der Waals surface area contributed by atoms with E-state index in [2.05, 4.69) is 20.8 Å². The first-order valence-corrected chi connectivity index (χ1v) is 6.58. The lowest BCUT2D eigenvalue weighted by Crippen LogP contribution is -2.39. The zero-order chi connectivity index (χ0) is 15.7. The number of carbonyl (C=O) groups is 3. The van der Waals surface area contributed by atoms with Gasteiger partial charge in [-0.3, -0.25) is 14.4 Å². The smallest absolute Gasteiger partial charge is 0.322 e. The van der Waals surface area contributed by atoms with Crippen LogP contribution >= 0.6 is 0 Å². The Labute approximate surface area is 121 Å². The highest BCUT2D eigenvalue weighted by Crippen LogP contribution is 2.02. The molecule has 0 aromatic carbocycles. The van der Waals surface area contributed by atoms with Crippen molar-refractivity contribution in [1.82, 2.24) is 20.8 Å². The van der Waals surface area contributed by atoms with Gasteiger partial charge < -0.3 is 20.3 Å². The van der Waals surface area contributed by atoms with Crippen molar-refractivity contribution < 1.29 is 24.0 Å². The van der Waals surface area contributed by atoms with E-state index >= 15 is 0 Å². The highest BCUT2D eigenvalue weighted by Gasteiger charge is 2.10. The van der Waals surface area contributed by atoms with Gasteiger partial charge in [0, 0.05) is 19.3 Å². The van der Waals surface area contributed by atoms with E-state index in [-0.39, 0.29) is 18.9 Å². The Morgan fingerprint density at radius 2 is 1.86 bits per heavy atom. The highest BCUT2D eigenvalue weighted by molar-refractivity contribution is 5.86. The number of carboxylic acids is 1. The molecule has 0 saturated carbocycles. The standard InChI is InChI=1S/C12H18N4O5/c1-2-3-8-15-11(21-16-8)5-4-9(17)13-6-10(18)14-7-12(19)20/h2-7H2,1H3,(H,13,17)(H,14,18)(H,19,20). The van der Waals surface area contributed by atoms with Crippen LogP contribution in [0.1, 0.15) is 31.5 Å². The molecule has 0 aliphatic carbocycles. The quantitative estimate of drug-likeness (QED) is 0.547. The second-order valence-corrected chi connectivity index (χ2v) is 4.30. The van der Waals surface area contributed by atoms with Gasteiger partial charge in [0.25, 0.3) is 0 Å². The van der Waals surface area contributed by atoms with E-state index in [1.807, 2.05) is 6.92 Å². The van der Waals surface area contributed by atoms with Crippen LogP contribution in [0, 0.1) is 0 Å². The topological polar surface area (TPSA) is 134 Å². The molecule has 0 fully saturated rings. The van der Waals surface area contributed by atoms with E-state index in [4.69, 9.17) is 9.63 Å². The largest absolute Gasteiger partial charge is 0.480 e. The summed E-state index contributed by atoms with van der Waals surface area (Å²) >= 11 is 0. The second kappa shape index (κ2) is 8.67. The fourth-order valence-electron chi connectivity index (χ4n) is 1.44. The van der Waals surface area contributed by atoms with Crippen LogP contribution in [-0.2, 0) is 27.2 Å². The van der Waals surface area contributed by atoms with Gasteiger partial charge in [-0.05, 0) is 6.42 Å². The first-order valence-electron chi connectivity index (χ1n) is 6.58. The van der Waals surface area contributed by atoms with Gasteiger partial charge >= 0.3 is 5.97 Å². The fraction of sp³-hybridized carbons (Fsp3) is 0.583. The number of aromatic nitrogens is 2. The van der Waals surface area contributed by atoms with Crippen LogP contribution in [0.25, 0.3) is 0 Å². The number of amides is 2. The first-order chi connectivity index (χ1) is 10.0. The molecule has 21 heavy (non-hydrogen) atoms. The SMILES string of the molecule is CCCc1noc(CCC(=O)NCC(=O)NCC(=O)O)n1. The number of nitrogens with zero attached hydrogens (tertiary/aromatic N) is 2. The summed E-state index contributed by atoms with van der Waals surface area (Å²) in [6, 6.07) is 0. The third-order valence-corrected chi connectivity index (χ3v) is 2.43. The molecule has 9 heteroatoms. The first kappa shape index (κ1) is 16.6. The Hall–Kier alpha value is -2.45. The van der Waals surface area contributed by atoms with Crippen molar-refractivity contribution >= 4 is 17.8 Å². The van der Waals surface area contributed by atoms with Gasteiger partial charge in [-0.25, -0.2) is 0 Å². The number of aliphatic carboxylic acids is 1. The molecule has 1 aromatic heterocycles. The maximum absolute atomic E-state index is 11.5. The van der Waals surface area contributed by atoms with E-state index in [9.17, 15) is 14.4 Å². The molecule has 1 aromatic rings. The van der Waals surface area contributed by atoms with Crippen molar-refractivity contribution in [2.75, 3.05) is 13.1 Å². The minimum Gasteiger partial charge on any atom is -0.480 e. The van der Waals surface area contributed by atoms with Gasteiger partial charge in [-0.15, -0.1) is 0 Å². The predicted octanol–water partition coefficient (Wildman–Crippen LogP) is -0.728. The number of nitrogens with one attached hydrogen (secondary N) is 2. The number of carbonyl (C=O) groups excluding carboxylic acids is 2. The van der Waals surface area contributed by atoms with Crippen molar-refractivity contribution in [1.29, 1.82) is 0 Å². The average Bonchev–Trinajstić information content (AvgIpc) is 2.88. The van der Waals surface area contributed by atoms with Crippen LogP contribution < -0.4 is 10.6 Å². The number of aryl methyl sites for hydroxylation is 2. The lowest BCUT2D eigenvalue weighted by molar-refractivity contribution is -0.137. The number of rotatable bonds is 9. The summed E-state index contributed by atoms with van der Waals surface area (Å²) in [6.45, 7) is 1.26. The summed E-state index contributed by atoms with van der Waals surface area (Å²) in [7, 11) is 0. The Kier molecular flexibility index (Phi) is 6.85. The van der Waals surface area contributed by atoms with Crippen LogP contribution in [0.3, 0.4) is 0 Å². The lowest BCUT2D eigenvalue weighted by atomic mass is 10.3. The molecule has 0 spiro atoms. The molecule has 0 aliphatic heterocycles. The molecule has 116 valence electrons. The molecular weight excluding hydrogens is 280 g/mol. The molecule has 3 N–H and O–H groups in total. The van der Waals surface area contributed by atoms with Gasteiger partial charge in [0.05, 0.1) is 6.54 Å². The van der Waals surface area contributed by atoms with Crippen molar-refractivity contribution in [2.45, 2.75) is 32.6 Å². The zero-order valence-electron chi connectivity index (χ0n) is 11.7. The summed E-state index contributed by atoms with van der Waals surface area (Å²) in [5.74, 6) is -1.07. The normalized spacial score (nSPS) is 10.1. The third kappa shape index (κ3) is 7.04. The molecule has 0 atom stereocenters. The van der Waals surface area contributed by atoms with Crippen LogP contribution in [-0.4, -0.2) is 46.1 Å². The molecule has 0 radical (unpaired) electrons. The van der Waals surface area contributed by atoms with Gasteiger partial charge in [0.15, 0.2) is 5.82 Å². The summed E-state index contributed by atoms with van der Waals surface area (Å²) in [5, 5.41) is 16.6. The van der Waals surface area contributed by atoms with Crippen molar-refractivity contribution in [3.05, 3.63) is 11.7 Å². The number of carboxylic acid groups (broad SMARTS) is 1. The zero-order valence-corrected chi connectivity index (χ0v) is 11.7.